The Kier molecular flexibility index (Phi) is 6.50. The molecule has 6 rings (SSSR count). The van der Waals surface area contributed by atoms with Crippen molar-refractivity contribution in [2.24, 2.45) is 5.92 Å². The minimum Gasteiger partial charge on any atom is -0.487 e. The fourth-order valence-electron chi connectivity index (χ4n) is 8.23. The van der Waals surface area contributed by atoms with E-state index in [-0.39, 0.29) is 36.0 Å². The van der Waals surface area contributed by atoms with E-state index in [9.17, 15) is 9.59 Å². The number of aryl methyl sites for hydroxylation is 2. The number of piperidine rings is 1. The molecular weight excluding hydrogens is 500 g/mol. The molecule has 0 radical (unpaired) electrons. The van der Waals surface area contributed by atoms with Gasteiger partial charge in [0, 0.05) is 30.5 Å². The molecule has 210 valence electrons. The summed E-state index contributed by atoms with van der Waals surface area (Å²) in [6.45, 7) is 11.4. The van der Waals surface area contributed by atoms with E-state index in [4.69, 9.17) is 9.47 Å². The summed E-state index contributed by atoms with van der Waals surface area (Å²) >= 11 is 0. The largest absolute Gasteiger partial charge is 0.487 e. The number of hydrogen-bond acceptors (Lipinski definition) is 5. The number of nitrogens with zero attached hydrogens (tertiary/aromatic N) is 2. The van der Waals surface area contributed by atoms with Crippen LogP contribution in [0, 0.1) is 31.6 Å². The monoisotopic (exact) mass is 540 g/mol. The Morgan fingerprint density at radius 3 is 2.70 bits per heavy atom. The number of carbonyl (C=O) groups excluding carboxylic acids is 2. The Balaban J connectivity index is 1.44. The fourth-order valence-corrected chi connectivity index (χ4v) is 8.23. The molecular formula is C34H40N2O4. The Hall–Kier alpha value is -3.30. The summed E-state index contributed by atoms with van der Waals surface area (Å²) in [5, 5.41) is 0. The quantitative estimate of drug-likeness (QED) is 0.420. The highest BCUT2D eigenvalue weighted by Gasteiger charge is 2.75. The lowest BCUT2D eigenvalue weighted by atomic mass is 9.48. The molecule has 4 aliphatic rings. The third-order valence-corrected chi connectivity index (χ3v) is 9.93. The summed E-state index contributed by atoms with van der Waals surface area (Å²) in [7, 11) is 2.14. The summed E-state index contributed by atoms with van der Waals surface area (Å²) < 4.78 is 13.4. The Bertz CT molecular complexity index is 1440. The molecule has 6 nitrogen and oxygen atoms in total. The Morgan fingerprint density at radius 1 is 1.18 bits per heavy atom. The van der Waals surface area contributed by atoms with E-state index < -0.39 is 11.0 Å². The van der Waals surface area contributed by atoms with Crippen molar-refractivity contribution in [2.45, 2.75) is 89.5 Å². The lowest BCUT2D eigenvalue weighted by Gasteiger charge is -2.65. The highest BCUT2D eigenvalue weighted by Crippen LogP contribution is 2.65. The van der Waals surface area contributed by atoms with Crippen molar-refractivity contribution in [3.05, 3.63) is 64.2 Å². The minimum absolute atomic E-state index is 0.0665. The average molecular weight is 541 g/mol. The lowest BCUT2D eigenvalue weighted by Crippen LogP contribution is -2.79. The second-order valence-corrected chi connectivity index (χ2v) is 12.7. The van der Waals surface area contributed by atoms with Crippen molar-refractivity contribution in [3.63, 3.8) is 0 Å². The van der Waals surface area contributed by atoms with Crippen LogP contribution in [0.2, 0.25) is 0 Å². The average Bonchev–Trinajstić information content (AvgIpc) is 3.24. The molecule has 1 saturated carbocycles. The van der Waals surface area contributed by atoms with Gasteiger partial charge in [-0.15, -0.1) is 0 Å². The van der Waals surface area contributed by atoms with Crippen LogP contribution in [0.5, 0.6) is 5.75 Å². The van der Waals surface area contributed by atoms with E-state index >= 15 is 0 Å². The zero-order valence-corrected chi connectivity index (χ0v) is 24.5. The summed E-state index contributed by atoms with van der Waals surface area (Å²) in [5.41, 5.74) is 4.50. The van der Waals surface area contributed by atoms with Crippen LogP contribution in [0.3, 0.4) is 0 Å². The number of esters is 1. The smallest absolute Gasteiger partial charge is 0.303 e. The highest BCUT2D eigenvalue weighted by molar-refractivity contribution is 5.94. The summed E-state index contributed by atoms with van der Waals surface area (Å²) in [6.07, 6.45) is 2.71. The van der Waals surface area contributed by atoms with E-state index in [2.05, 4.69) is 63.6 Å². The number of benzene rings is 2. The van der Waals surface area contributed by atoms with E-state index in [1.807, 2.05) is 29.2 Å². The SMILES string of the molecule is CC(=O)O[C@@]12CC[C@@H](N(CC(C)C)C(=O)C#Cc3ccc(C)c(C)c3)[C@@H]3Oc4cccc5c4[C@@]31CCN(C)[C@@H]2C5. The maximum Gasteiger partial charge on any atom is 0.303 e. The van der Waals surface area contributed by atoms with Gasteiger partial charge in [-0.1, -0.05) is 38.0 Å². The number of likely N-dealkylation sites (N-methyl/N-ethyl adjacent to an activating group) is 1. The van der Waals surface area contributed by atoms with Gasteiger partial charge in [0.2, 0.25) is 0 Å². The number of carbonyl (C=O) groups is 2. The van der Waals surface area contributed by atoms with Gasteiger partial charge in [-0.2, -0.15) is 0 Å². The Morgan fingerprint density at radius 2 is 1.98 bits per heavy atom. The molecule has 40 heavy (non-hydrogen) atoms. The van der Waals surface area contributed by atoms with Gasteiger partial charge in [-0.25, -0.2) is 0 Å². The van der Waals surface area contributed by atoms with E-state index in [1.54, 1.807) is 0 Å². The van der Waals surface area contributed by atoms with Crippen LogP contribution in [0.1, 0.15) is 67.9 Å². The number of ether oxygens (including phenoxy) is 2. The zero-order chi connectivity index (χ0) is 28.4. The summed E-state index contributed by atoms with van der Waals surface area (Å²) in [5.74, 6) is 6.83. The molecule has 0 N–H and O–H groups in total. The number of amides is 1. The maximum atomic E-state index is 13.9. The van der Waals surface area contributed by atoms with Gasteiger partial charge < -0.3 is 14.4 Å². The highest BCUT2D eigenvalue weighted by atomic mass is 16.6. The summed E-state index contributed by atoms with van der Waals surface area (Å²) in [6, 6.07) is 12.3. The van der Waals surface area contributed by atoms with Crippen LogP contribution in [-0.2, 0) is 26.2 Å². The predicted molar refractivity (Wildman–Crippen MR) is 154 cm³/mol. The van der Waals surface area contributed by atoms with Crippen LogP contribution in [0.4, 0.5) is 0 Å². The number of hydrogen-bond donors (Lipinski definition) is 0. The van der Waals surface area contributed by atoms with E-state index in [0.717, 1.165) is 36.3 Å². The number of rotatable bonds is 4. The van der Waals surface area contributed by atoms with Gasteiger partial charge in [0.05, 0.1) is 17.5 Å². The molecule has 2 heterocycles. The van der Waals surface area contributed by atoms with E-state index in [1.165, 1.54) is 23.6 Å². The standard InChI is InChI=1S/C34H40N2O4/c1-21(2)20-36(30(38)13-12-25-11-10-22(3)23(4)18-25)27-14-15-34(40-24(5)37)29-19-26-8-7-9-28-31(26)33(34,32(27)39-28)16-17-35(29)6/h7-11,18,21,27,29,32H,14-17,19-20H2,1-6H3/t27-,29-,32+,33+,34-/m1/s1. The molecule has 2 fully saturated rings. The first-order valence-electron chi connectivity index (χ1n) is 14.7. The molecule has 6 heteroatoms. The normalized spacial score (nSPS) is 29.6. The van der Waals surface area contributed by atoms with Gasteiger partial charge in [0.15, 0.2) is 0 Å². The third-order valence-electron chi connectivity index (χ3n) is 9.93. The molecule has 1 spiro atoms. The van der Waals surface area contributed by atoms with E-state index in [0.29, 0.717) is 19.4 Å². The third kappa shape index (κ3) is 3.89. The van der Waals surface area contributed by atoms with Crippen molar-refractivity contribution in [2.75, 3.05) is 20.1 Å². The molecule has 5 atom stereocenters. The predicted octanol–water partition coefficient (Wildman–Crippen LogP) is 4.56. The van der Waals surface area contributed by atoms with Gasteiger partial charge >= 0.3 is 5.97 Å². The van der Waals surface area contributed by atoms with Crippen LogP contribution < -0.4 is 4.74 Å². The van der Waals surface area contributed by atoms with Crippen LogP contribution >= 0.6 is 0 Å². The maximum absolute atomic E-state index is 13.9. The molecule has 1 amide bonds. The van der Waals surface area contributed by atoms with Crippen LogP contribution in [-0.4, -0.2) is 65.6 Å². The number of likely N-dealkylation sites (tertiary alicyclic amines) is 1. The van der Waals surface area contributed by atoms with Crippen molar-refractivity contribution in [1.82, 2.24) is 9.80 Å². The van der Waals surface area contributed by atoms with Gasteiger partial charge in [-0.05, 0) is 93.9 Å². The van der Waals surface area contributed by atoms with Gasteiger partial charge in [-0.3, -0.25) is 14.5 Å². The lowest BCUT2D eigenvalue weighted by molar-refractivity contribution is -0.221. The first-order chi connectivity index (χ1) is 19.1. The minimum atomic E-state index is -0.690. The topological polar surface area (TPSA) is 59.1 Å². The first-order valence-corrected chi connectivity index (χ1v) is 14.7. The van der Waals surface area contributed by atoms with Crippen molar-refractivity contribution in [1.29, 1.82) is 0 Å². The van der Waals surface area contributed by atoms with Gasteiger partial charge in [0.25, 0.3) is 5.91 Å². The molecule has 2 bridgehead atoms. The van der Waals surface area contributed by atoms with Crippen LogP contribution in [0.25, 0.3) is 0 Å². The molecule has 0 unspecified atom stereocenters. The molecule has 2 aromatic rings. The van der Waals surface area contributed by atoms with Crippen LogP contribution in [0.15, 0.2) is 36.4 Å². The molecule has 2 aromatic carbocycles. The molecule has 2 aliphatic carbocycles. The summed E-state index contributed by atoms with van der Waals surface area (Å²) in [4.78, 5) is 30.9. The molecule has 0 aromatic heterocycles. The van der Waals surface area contributed by atoms with Gasteiger partial charge in [0.1, 0.15) is 17.5 Å². The second-order valence-electron chi connectivity index (χ2n) is 12.7. The fraction of sp³-hybridized carbons (Fsp3) is 0.529. The zero-order valence-electron chi connectivity index (χ0n) is 24.5. The first kappa shape index (κ1) is 26.9. The second kappa shape index (κ2) is 9.66. The van der Waals surface area contributed by atoms with Crippen molar-refractivity contribution >= 4 is 11.9 Å². The molecule has 2 aliphatic heterocycles. The van der Waals surface area contributed by atoms with Crippen molar-refractivity contribution in [3.8, 4) is 17.6 Å². The molecule has 1 saturated heterocycles. The van der Waals surface area contributed by atoms with Crippen molar-refractivity contribution < 1.29 is 19.1 Å². The Labute approximate surface area is 238 Å².